The first-order valence-corrected chi connectivity index (χ1v) is 7.60. The van der Waals surface area contributed by atoms with Crippen LogP contribution in [-0.2, 0) is 0 Å². The number of carbonyl (C=O) groups is 1. The van der Waals surface area contributed by atoms with Crippen molar-refractivity contribution in [3.8, 4) is 11.1 Å². The smallest absolute Gasteiger partial charge is 0.353 e. The Bertz CT molecular complexity index is 889. The zero-order chi connectivity index (χ0) is 15.4. The van der Waals surface area contributed by atoms with E-state index < -0.39 is 5.97 Å². The number of aromatic amines is 2. The van der Waals surface area contributed by atoms with Crippen LogP contribution in [0, 0.1) is 0 Å². The molecule has 0 atom stereocenters. The summed E-state index contributed by atoms with van der Waals surface area (Å²) in [5.74, 6) is -0.623. The molecule has 1 aromatic carbocycles. The van der Waals surface area contributed by atoms with Crippen LogP contribution in [0.1, 0.15) is 34.9 Å². The molecule has 1 aliphatic carbocycles. The number of fused-ring (bicyclic) bond motifs is 1. The maximum absolute atomic E-state index is 11.6. The van der Waals surface area contributed by atoms with Crippen molar-refractivity contribution in [1.29, 1.82) is 0 Å². The molecule has 112 valence electrons. The number of benzene rings is 1. The fourth-order valence-electron chi connectivity index (χ4n) is 2.78. The quantitative estimate of drug-likeness (QED) is 0.661. The number of aromatic carboxylic acids is 1. The molecule has 0 unspecified atom stereocenters. The van der Waals surface area contributed by atoms with Gasteiger partial charge in [0.1, 0.15) is 5.69 Å². The Morgan fingerprint density at radius 3 is 2.45 bits per heavy atom. The molecule has 0 bridgehead atoms. The summed E-state index contributed by atoms with van der Waals surface area (Å²) >= 11 is 12.1. The maximum atomic E-state index is 11.6. The van der Waals surface area contributed by atoms with E-state index in [4.69, 9.17) is 23.2 Å². The number of nitrogens with one attached hydrogen (secondary N) is 2. The summed E-state index contributed by atoms with van der Waals surface area (Å²) in [6.07, 6.45) is 2.17. The van der Waals surface area contributed by atoms with Crippen LogP contribution in [0.25, 0.3) is 22.2 Å². The second kappa shape index (κ2) is 4.76. The first-order valence-electron chi connectivity index (χ1n) is 6.84. The summed E-state index contributed by atoms with van der Waals surface area (Å²) in [6, 6.07) is 5.00. The zero-order valence-electron chi connectivity index (χ0n) is 11.3. The van der Waals surface area contributed by atoms with Gasteiger partial charge in [0.25, 0.3) is 0 Å². The number of carboxylic acids is 1. The van der Waals surface area contributed by atoms with E-state index in [1.807, 2.05) is 0 Å². The molecule has 0 aliphatic heterocycles. The average Bonchev–Trinajstić information content (AvgIpc) is 3.07. The summed E-state index contributed by atoms with van der Waals surface area (Å²) in [7, 11) is 0. The molecule has 2 aromatic heterocycles. The summed E-state index contributed by atoms with van der Waals surface area (Å²) in [4.78, 5) is 14.6. The molecule has 3 aromatic rings. The minimum absolute atomic E-state index is 0.115. The largest absolute Gasteiger partial charge is 0.477 e. The van der Waals surface area contributed by atoms with Crippen molar-refractivity contribution in [3.05, 3.63) is 39.6 Å². The SMILES string of the molecule is O=C(O)c1[nH]c2c(C3CC3)n[nH]c2c1-c1cc(Cl)cc(Cl)c1. The predicted octanol–water partition coefficient (Wildman–Crippen LogP) is 4.44. The molecule has 0 radical (unpaired) electrons. The Morgan fingerprint density at radius 2 is 1.86 bits per heavy atom. The van der Waals surface area contributed by atoms with Gasteiger partial charge in [0.15, 0.2) is 0 Å². The number of nitrogens with zero attached hydrogens (tertiary/aromatic N) is 1. The third kappa shape index (κ3) is 2.09. The summed E-state index contributed by atoms with van der Waals surface area (Å²) in [6.45, 7) is 0. The summed E-state index contributed by atoms with van der Waals surface area (Å²) < 4.78 is 0. The standard InChI is InChI=1S/C15H11Cl2N3O2/c16-8-3-7(4-9(17)5-8)10-12-14(18-13(10)15(21)22)11(19-20-12)6-1-2-6/h3-6,18H,1-2H2,(H,19,20)(H,21,22). The number of halogens is 2. The van der Waals surface area contributed by atoms with Crippen LogP contribution in [0.5, 0.6) is 0 Å². The van der Waals surface area contributed by atoms with Gasteiger partial charge in [-0.05, 0) is 36.6 Å². The van der Waals surface area contributed by atoms with Crippen LogP contribution < -0.4 is 0 Å². The number of H-pyrrole nitrogens is 2. The number of carboxylic acid groups (broad SMARTS) is 1. The predicted molar refractivity (Wildman–Crippen MR) is 84.8 cm³/mol. The highest BCUT2D eigenvalue weighted by Crippen LogP contribution is 2.44. The molecule has 22 heavy (non-hydrogen) atoms. The first kappa shape index (κ1) is 13.7. The molecular formula is C15H11Cl2N3O2. The van der Waals surface area contributed by atoms with Crippen LogP contribution in [0.4, 0.5) is 0 Å². The number of hydrogen-bond acceptors (Lipinski definition) is 2. The summed E-state index contributed by atoms with van der Waals surface area (Å²) in [5.41, 5.74) is 3.63. The van der Waals surface area contributed by atoms with E-state index in [9.17, 15) is 9.90 Å². The van der Waals surface area contributed by atoms with Crippen LogP contribution in [0.3, 0.4) is 0 Å². The first-order chi connectivity index (χ1) is 10.5. The number of rotatable bonds is 3. The number of hydrogen-bond donors (Lipinski definition) is 3. The van der Waals surface area contributed by atoms with Crippen molar-refractivity contribution in [2.75, 3.05) is 0 Å². The highest BCUT2D eigenvalue weighted by Gasteiger charge is 2.31. The normalized spacial score (nSPS) is 14.6. The third-order valence-corrected chi connectivity index (χ3v) is 4.31. The van der Waals surface area contributed by atoms with Crippen LogP contribution in [-0.4, -0.2) is 26.3 Å². The molecule has 0 saturated heterocycles. The molecule has 7 heteroatoms. The van der Waals surface area contributed by atoms with E-state index >= 15 is 0 Å². The molecule has 1 fully saturated rings. The van der Waals surface area contributed by atoms with Crippen molar-refractivity contribution in [2.24, 2.45) is 0 Å². The van der Waals surface area contributed by atoms with Crippen molar-refractivity contribution in [2.45, 2.75) is 18.8 Å². The van der Waals surface area contributed by atoms with Gasteiger partial charge in [0.05, 0.1) is 16.7 Å². The lowest BCUT2D eigenvalue weighted by molar-refractivity contribution is 0.0692. The van der Waals surface area contributed by atoms with Gasteiger partial charge < -0.3 is 10.1 Å². The van der Waals surface area contributed by atoms with Crippen LogP contribution in [0.2, 0.25) is 10.0 Å². The minimum atomic E-state index is -1.03. The fraction of sp³-hybridized carbons (Fsp3) is 0.200. The van der Waals surface area contributed by atoms with Gasteiger partial charge in [-0.25, -0.2) is 4.79 Å². The van der Waals surface area contributed by atoms with E-state index in [1.54, 1.807) is 18.2 Å². The lowest BCUT2D eigenvalue weighted by Crippen LogP contribution is -1.99. The molecule has 0 spiro atoms. The van der Waals surface area contributed by atoms with Crippen molar-refractivity contribution in [1.82, 2.24) is 15.2 Å². The molecular weight excluding hydrogens is 325 g/mol. The van der Waals surface area contributed by atoms with Crippen molar-refractivity contribution >= 4 is 40.2 Å². The van der Waals surface area contributed by atoms with Gasteiger partial charge in [-0.15, -0.1) is 0 Å². The minimum Gasteiger partial charge on any atom is -0.477 e. The topological polar surface area (TPSA) is 81.8 Å². The van der Waals surface area contributed by atoms with Gasteiger partial charge in [-0.3, -0.25) is 5.10 Å². The molecule has 2 heterocycles. The van der Waals surface area contributed by atoms with Crippen molar-refractivity contribution in [3.63, 3.8) is 0 Å². The van der Waals surface area contributed by atoms with E-state index in [1.165, 1.54) is 0 Å². The van der Waals surface area contributed by atoms with Gasteiger partial charge in [0.2, 0.25) is 0 Å². The Morgan fingerprint density at radius 1 is 1.18 bits per heavy atom. The second-order valence-corrected chi connectivity index (χ2v) is 6.34. The van der Waals surface area contributed by atoms with Gasteiger partial charge in [-0.2, -0.15) is 5.10 Å². The van der Waals surface area contributed by atoms with Gasteiger partial charge in [-0.1, -0.05) is 23.2 Å². The van der Waals surface area contributed by atoms with Crippen LogP contribution >= 0.6 is 23.2 Å². The highest BCUT2D eigenvalue weighted by molar-refractivity contribution is 6.35. The van der Waals surface area contributed by atoms with E-state index in [2.05, 4.69) is 15.2 Å². The fourth-order valence-corrected chi connectivity index (χ4v) is 3.30. The third-order valence-electron chi connectivity index (χ3n) is 3.87. The Balaban J connectivity index is 2.02. The van der Waals surface area contributed by atoms with Crippen LogP contribution in [0.15, 0.2) is 18.2 Å². The Kier molecular flexibility index (Phi) is 2.96. The Labute approximate surface area is 135 Å². The lowest BCUT2D eigenvalue weighted by atomic mass is 10.0. The van der Waals surface area contributed by atoms with Crippen molar-refractivity contribution < 1.29 is 9.90 Å². The van der Waals surface area contributed by atoms with E-state index in [-0.39, 0.29) is 5.69 Å². The van der Waals surface area contributed by atoms with Gasteiger partial charge in [0, 0.05) is 21.5 Å². The summed E-state index contributed by atoms with van der Waals surface area (Å²) in [5, 5.41) is 17.7. The second-order valence-electron chi connectivity index (χ2n) is 5.47. The van der Waals surface area contributed by atoms with E-state index in [0.29, 0.717) is 32.6 Å². The highest BCUT2D eigenvalue weighted by atomic mass is 35.5. The monoisotopic (exact) mass is 335 g/mol. The molecule has 1 saturated carbocycles. The molecule has 0 amide bonds. The zero-order valence-corrected chi connectivity index (χ0v) is 12.8. The van der Waals surface area contributed by atoms with Gasteiger partial charge >= 0.3 is 5.97 Å². The lowest BCUT2D eigenvalue weighted by Gasteiger charge is -2.03. The number of aromatic nitrogens is 3. The Hall–Kier alpha value is -1.98. The maximum Gasteiger partial charge on any atom is 0.353 e. The average molecular weight is 336 g/mol. The van der Waals surface area contributed by atoms with E-state index in [0.717, 1.165) is 24.1 Å². The molecule has 4 rings (SSSR count). The molecule has 3 N–H and O–H groups in total. The molecule has 5 nitrogen and oxygen atoms in total. The molecule has 1 aliphatic rings.